The fraction of sp³-hybridized carbons (Fsp3) is 0.133. The number of hydrogen-bond acceptors (Lipinski definition) is 2. The van der Waals surface area contributed by atoms with Crippen LogP contribution in [0.2, 0.25) is 10.0 Å². The maximum Gasteiger partial charge on any atom is 0.124 e. The van der Waals surface area contributed by atoms with Gasteiger partial charge >= 0.3 is 0 Å². The second kappa shape index (κ2) is 6.16. The van der Waals surface area contributed by atoms with Gasteiger partial charge in [-0.05, 0) is 29.8 Å². The van der Waals surface area contributed by atoms with Gasteiger partial charge in [-0.25, -0.2) is 0 Å². The highest BCUT2D eigenvalue weighted by atomic mass is 35.5. The Labute approximate surface area is 128 Å². The summed E-state index contributed by atoms with van der Waals surface area (Å²) in [6.07, 6.45) is 0. The van der Waals surface area contributed by atoms with Gasteiger partial charge in [0.05, 0.1) is 5.02 Å². The molecule has 0 saturated carbocycles. The molecular weight excluding hydrogens is 293 g/mol. The number of rotatable bonds is 4. The van der Waals surface area contributed by atoms with Crippen molar-refractivity contribution in [1.82, 2.24) is 0 Å². The van der Waals surface area contributed by atoms with E-state index < -0.39 is 0 Å². The predicted molar refractivity (Wildman–Crippen MR) is 86.0 cm³/mol. The normalized spacial score (nSPS) is 10.3. The second-order valence-electron chi connectivity index (χ2n) is 4.53. The topological polar surface area (TPSA) is 53.1 Å². The fourth-order valence-electron chi connectivity index (χ4n) is 1.93. The molecule has 0 aromatic heterocycles. The lowest BCUT2D eigenvalue weighted by molar-refractivity contribution is 0.923. The lowest BCUT2D eigenvalue weighted by atomic mass is 10.1. The average Bonchev–Trinajstić information content (AvgIpc) is 2.40. The van der Waals surface area contributed by atoms with Crippen LogP contribution >= 0.6 is 23.2 Å². The van der Waals surface area contributed by atoms with Crippen molar-refractivity contribution in [2.45, 2.75) is 6.54 Å². The van der Waals surface area contributed by atoms with Gasteiger partial charge in [0.25, 0.3) is 0 Å². The molecule has 0 aliphatic carbocycles. The summed E-state index contributed by atoms with van der Waals surface area (Å²) in [5.41, 5.74) is 7.98. The Morgan fingerprint density at radius 3 is 2.45 bits per heavy atom. The average molecular weight is 308 g/mol. The van der Waals surface area contributed by atoms with Crippen molar-refractivity contribution in [1.29, 1.82) is 5.41 Å². The van der Waals surface area contributed by atoms with Crippen molar-refractivity contribution in [2.24, 2.45) is 5.73 Å². The lowest BCUT2D eigenvalue weighted by Crippen LogP contribution is -2.17. The summed E-state index contributed by atoms with van der Waals surface area (Å²) in [6.45, 7) is 0.676. The summed E-state index contributed by atoms with van der Waals surface area (Å²) in [5.74, 6) is -0.0321. The summed E-state index contributed by atoms with van der Waals surface area (Å²) in [4.78, 5) is 2.04. The molecule has 0 amide bonds. The van der Waals surface area contributed by atoms with Crippen LogP contribution in [0.5, 0.6) is 0 Å². The molecule has 3 nitrogen and oxygen atoms in total. The number of anilines is 1. The van der Waals surface area contributed by atoms with E-state index >= 15 is 0 Å². The van der Waals surface area contributed by atoms with E-state index in [1.165, 1.54) is 0 Å². The molecule has 2 aromatic carbocycles. The Kier molecular flexibility index (Phi) is 4.53. The SMILES string of the molecule is CN(Cc1ccccc1Cl)c1ccc(C(=N)N)c(Cl)c1. The molecule has 0 spiro atoms. The van der Waals surface area contributed by atoms with Gasteiger partial charge in [0.2, 0.25) is 0 Å². The molecule has 0 bridgehead atoms. The van der Waals surface area contributed by atoms with Crippen LogP contribution in [0.15, 0.2) is 42.5 Å². The van der Waals surface area contributed by atoms with Crippen molar-refractivity contribution in [3.8, 4) is 0 Å². The Morgan fingerprint density at radius 1 is 1.15 bits per heavy atom. The van der Waals surface area contributed by atoms with Gasteiger partial charge in [0, 0.05) is 29.9 Å². The van der Waals surface area contributed by atoms with Crippen LogP contribution in [0.25, 0.3) is 0 Å². The first-order valence-electron chi connectivity index (χ1n) is 6.07. The van der Waals surface area contributed by atoms with E-state index in [4.69, 9.17) is 34.3 Å². The smallest absolute Gasteiger partial charge is 0.124 e. The molecule has 2 rings (SSSR count). The lowest BCUT2D eigenvalue weighted by Gasteiger charge is -2.21. The zero-order valence-corrected chi connectivity index (χ0v) is 12.5. The van der Waals surface area contributed by atoms with Crippen molar-refractivity contribution in [3.63, 3.8) is 0 Å². The summed E-state index contributed by atoms with van der Waals surface area (Å²) in [7, 11) is 1.96. The van der Waals surface area contributed by atoms with Crippen molar-refractivity contribution in [2.75, 3.05) is 11.9 Å². The molecule has 0 radical (unpaired) electrons. The Bertz CT molecular complexity index is 641. The predicted octanol–water partition coefficient (Wildman–Crippen LogP) is 3.91. The second-order valence-corrected chi connectivity index (χ2v) is 5.34. The Balaban J connectivity index is 2.22. The third-order valence-corrected chi connectivity index (χ3v) is 3.73. The van der Waals surface area contributed by atoms with Gasteiger partial charge in [-0.2, -0.15) is 0 Å². The van der Waals surface area contributed by atoms with Gasteiger partial charge in [-0.15, -0.1) is 0 Å². The number of nitrogens with two attached hydrogens (primary N) is 1. The van der Waals surface area contributed by atoms with E-state index in [0.29, 0.717) is 17.1 Å². The van der Waals surface area contributed by atoms with Crippen molar-refractivity contribution in [3.05, 3.63) is 63.6 Å². The summed E-state index contributed by atoms with van der Waals surface area (Å²) >= 11 is 12.3. The highest BCUT2D eigenvalue weighted by Crippen LogP contribution is 2.25. The molecule has 3 N–H and O–H groups in total. The molecule has 5 heteroatoms. The number of halogens is 2. The molecule has 0 fully saturated rings. The molecule has 0 saturated heterocycles. The van der Waals surface area contributed by atoms with E-state index in [2.05, 4.69) is 0 Å². The van der Waals surface area contributed by atoms with Gasteiger partial charge in [0.15, 0.2) is 0 Å². The maximum absolute atomic E-state index is 7.42. The molecule has 0 unspecified atom stereocenters. The van der Waals surface area contributed by atoms with Crippen molar-refractivity contribution < 1.29 is 0 Å². The van der Waals surface area contributed by atoms with E-state index in [0.717, 1.165) is 16.3 Å². The molecule has 2 aromatic rings. The molecule has 0 aliphatic rings. The highest BCUT2D eigenvalue weighted by Gasteiger charge is 2.09. The number of amidine groups is 1. The van der Waals surface area contributed by atoms with Crippen LogP contribution in [0, 0.1) is 5.41 Å². The molecule has 0 aliphatic heterocycles. The van der Waals surface area contributed by atoms with Crippen LogP contribution in [0.3, 0.4) is 0 Å². The number of hydrogen-bond donors (Lipinski definition) is 2. The van der Waals surface area contributed by atoms with Crippen LogP contribution in [0.4, 0.5) is 5.69 Å². The Morgan fingerprint density at radius 2 is 1.85 bits per heavy atom. The first-order chi connectivity index (χ1) is 9.49. The Hall–Kier alpha value is -1.71. The molecule has 20 heavy (non-hydrogen) atoms. The molecule has 104 valence electrons. The van der Waals surface area contributed by atoms with Crippen LogP contribution in [-0.4, -0.2) is 12.9 Å². The van der Waals surface area contributed by atoms with E-state index in [-0.39, 0.29) is 5.84 Å². The summed E-state index contributed by atoms with van der Waals surface area (Å²) in [6, 6.07) is 13.2. The minimum atomic E-state index is -0.0321. The van der Waals surface area contributed by atoms with E-state index in [1.807, 2.05) is 42.3 Å². The van der Waals surface area contributed by atoms with Crippen LogP contribution in [-0.2, 0) is 6.54 Å². The van der Waals surface area contributed by atoms with Crippen molar-refractivity contribution >= 4 is 34.7 Å². The standard InChI is InChI=1S/C15H15Cl2N3/c1-20(9-10-4-2-3-5-13(10)16)11-6-7-12(15(18)19)14(17)8-11/h2-8H,9H2,1H3,(H3,18,19). The fourth-order valence-corrected chi connectivity index (χ4v) is 2.41. The van der Waals surface area contributed by atoms with Gasteiger partial charge < -0.3 is 10.6 Å². The van der Waals surface area contributed by atoms with Gasteiger partial charge in [0.1, 0.15) is 5.84 Å². The summed E-state index contributed by atoms with van der Waals surface area (Å²) < 4.78 is 0. The van der Waals surface area contributed by atoms with E-state index in [9.17, 15) is 0 Å². The van der Waals surface area contributed by atoms with Gasteiger partial charge in [-0.3, -0.25) is 5.41 Å². The molecule has 0 atom stereocenters. The number of benzene rings is 2. The third-order valence-electron chi connectivity index (χ3n) is 3.05. The van der Waals surface area contributed by atoms with E-state index in [1.54, 1.807) is 12.1 Å². The summed E-state index contributed by atoms with van der Waals surface area (Å²) in [5, 5.41) is 8.64. The number of nitrogens with one attached hydrogen (secondary N) is 1. The quantitative estimate of drug-likeness (QED) is 0.664. The molecule has 0 heterocycles. The minimum absolute atomic E-state index is 0.0321. The zero-order chi connectivity index (χ0) is 14.7. The monoisotopic (exact) mass is 307 g/mol. The highest BCUT2D eigenvalue weighted by molar-refractivity contribution is 6.34. The van der Waals surface area contributed by atoms with Gasteiger partial charge in [-0.1, -0.05) is 41.4 Å². The largest absolute Gasteiger partial charge is 0.384 e. The van der Waals surface area contributed by atoms with Crippen LogP contribution in [0.1, 0.15) is 11.1 Å². The zero-order valence-electron chi connectivity index (χ0n) is 11.0. The number of nitrogen functional groups attached to an aromatic ring is 1. The third kappa shape index (κ3) is 3.24. The first kappa shape index (κ1) is 14.7. The molecular formula is C15H15Cl2N3. The first-order valence-corrected chi connectivity index (χ1v) is 6.83. The van der Waals surface area contributed by atoms with Crippen LogP contribution < -0.4 is 10.6 Å². The maximum atomic E-state index is 7.42. The minimum Gasteiger partial charge on any atom is -0.384 e. The number of nitrogens with zero attached hydrogens (tertiary/aromatic N) is 1.